The number of aromatic nitrogens is 1. The molecule has 18 heavy (non-hydrogen) atoms. The van der Waals surface area contributed by atoms with Gasteiger partial charge in [-0.15, -0.1) is 0 Å². The summed E-state index contributed by atoms with van der Waals surface area (Å²) in [5.41, 5.74) is 1.25. The topological polar surface area (TPSA) is 31.4 Å². The number of hydrogen-bond acceptors (Lipinski definition) is 4. The molecule has 0 aliphatic carbocycles. The number of halogens is 1. The van der Waals surface area contributed by atoms with Crippen LogP contribution < -0.4 is 10.2 Å². The van der Waals surface area contributed by atoms with Crippen molar-refractivity contribution in [2.45, 2.75) is 19.5 Å². The fourth-order valence-electron chi connectivity index (χ4n) is 2.32. The largest absolute Gasteiger partial charge is 0.354 e. The zero-order valence-corrected chi connectivity index (χ0v) is 12.9. The van der Waals surface area contributed by atoms with Crippen LogP contribution in [0.1, 0.15) is 12.5 Å². The van der Waals surface area contributed by atoms with E-state index in [1.807, 2.05) is 13.2 Å². The quantitative estimate of drug-likeness (QED) is 0.920. The van der Waals surface area contributed by atoms with Crippen LogP contribution >= 0.6 is 15.9 Å². The molecule has 0 amide bonds. The van der Waals surface area contributed by atoms with Crippen molar-refractivity contribution < 1.29 is 0 Å². The number of pyridine rings is 1. The summed E-state index contributed by atoms with van der Waals surface area (Å²) < 4.78 is 1.04. The summed E-state index contributed by atoms with van der Waals surface area (Å²) in [7, 11) is 4.16. The lowest BCUT2D eigenvalue weighted by molar-refractivity contribution is 0.233. The number of rotatable bonds is 3. The van der Waals surface area contributed by atoms with Crippen molar-refractivity contribution in [3.8, 4) is 0 Å². The second-order valence-electron chi connectivity index (χ2n) is 4.94. The molecule has 1 unspecified atom stereocenters. The molecule has 2 rings (SSSR count). The monoisotopic (exact) mass is 312 g/mol. The Morgan fingerprint density at radius 2 is 2.28 bits per heavy atom. The van der Waals surface area contributed by atoms with Gasteiger partial charge in [0, 0.05) is 48.5 Å². The molecule has 0 spiro atoms. The molecule has 1 N–H and O–H groups in total. The van der Waals surface area contributed by atoms with Crippen LogP contribution in [0, 0.1) is 0 Å². The molecule has 0 bridgehead atoms. The van der Waals surface area contributed by atoms with Gasteiger partial charge < -0.3 is 15.1 Å². The highest BCUT2D eigenvalue weighted by Gasteiger charge is 2.23. The molecule has 0 aromatic carbocycles. The first-order chi connectivity index (χ1) is 8.61. The van der Waals surface area contributed by atoms with Crippen LogP contribution in [-0.2, 0) is 6.54 Å². The van der Waals surface area contributed by atoms with Crippen molar-refractivity contribution in [3.05, 3.63) is 22.3 Å². The Hall–Kier alpha value is -0.650. The van der Waals surface area contributed by atoms with Crippen molar-refractivity contribution >= 4 is 21.7 Å². The van der Waals surface area contributed by atoms with Crippen LogP contribution in [0.5, 0.6) is 0 Å². The number of anilines is 1. The van der Waals surface area contributed by atoms with Gasteiger partial charge in [-0.3, -0.25) is 0 Å². The molecular formula is C13H21BrN4. The average molecular weight is 313 g/mol. The summed E-state index contributed by atoms with van der Waals surface area (Å²) in [5.74, 6) is 1.12. The molecule has 5 heteroatoms. The maximum Gasteiger partial charge on any atom is 0.133 e. The Morgan fingerprint density at radius 1 is 1.50 bits per heavy atom. The van der Waals surface area contributed by atoms with Gasteiger partial charge in [0.25, 0.3) is 0 Å². The Morgan fingerprint density at radius 3 is 2.94 bits per heavy atom. The molecule has 2 heterocycles. The lowest BCUT2D eigenvalue weighted by Gasteiger charge is -2.39. The summed E-state index contributed by atoms with van der Waals surface area (Å²) in [6.45, 7) is 6.30. The highest BCUT2D eigenvalue weighted by Crippen LogP contribution is 2.23. The highest BCUT2D eigenvalue weighted by atomic mass is 79.9. The van der Waals surface area contributed by atoms with Crippen LogP contribution in [0.4, 0.5) is 5.82 Å². The predicted molar refractivity (Wildman–Crippen MR) is 79.0 cm³/mol. The first-order valence-electron chi connectivity index (χ1n) is 6.36. The van der Waals surface area contributed by atoms with Gasteiger partial charge >= 0.3 is 0 Å². The number of hydrogen-bond donors (Lipinski definition) is 1. The summed E-state index contributed by atoms with van der Waals surface area (Å²) in [6.07, 6.45) is 1.89. The standard InChI is InChI=1S/C13H21BrN4/c1-10-9-18(5-4-17(10)3)13-11(7-15-2)6-12(14)8-16-13/h6,8,10,15H,4-5,7,9H2,1-3H3. The second kappa shape index (κ2) is 5.99. The maximum absolute atomic E-state index is 4.60. The minimum absolute atomic E-state index is 0.576. The molecule has 4 nitrogen and oxygen atoms in total. The van der Waals surface area contributed by atoms with Crippen molar-refractivity contribution in [3.63, 3.8) is 0 Å². The van der Waals surface area contributed by atoms with Crippen LogP contribution in [0.15, 0.2) is 16.7 Å². The summed E-state index contributed by atoms with van der Waals surface area (Å²) >= 11 is 3.49. The van der Waals surface area contributed by atoms with Crippen molar-refractivity contribution in [1.29, 1.82) is 0 Å². The van der Waals surface area contributed by atoms with E-state index in [4.69, 9.17) is 0 Å². The maximum atomic E-state index is 4.60. The van der Waals surface area contributed by atoms with E-state index < -0.39 is 0 Å². The van der Waals surface area contributed by atoms with Gasteiger partial charge in [0.1, 0.15) is 5.82 Å². The molecule has 1 fully saturated rings. The Labute approximate surface area is 118 Å². The van der Waals surface area contributed by atoms with Crippen LogP contribution in [0.2, 0.25) is 0 Å². The van der Waals surface area contributed by atoms with E-state index >= 15 is 0 Å². The van der Waals surface area contributed by atoms with E-state index in [0.717, 1.165) is 36.5 Å². The van der Waals surface area contributed by atoms with Gasteiger partial charge in [-0.05, 0) is 43.0 Å². The molecule has 1 saturated heterocycles. The lowest BCUT2D eigenvalue weighted by atomic mass is 10.1. The van der Waals surface area contributed by atoms with E-state index in [-0.39, 0.29) is 0 Å². The van der Waals surface area contributed by atoms with Crippen molar-refractivity contribution in [2.75, 3.05) is 38.6 Å². The van der Waals surface area contributed by atoms with E-state index in [1.54, 1.807) is 0 Å². The van der Waals surface area contributed by atoms with Gasteiger partial charge in [0.2, 0.25) is 0 Å². The van der Waals surface area contributed by atoms with Crippen LogP contribution in [-0.4, -0.2) is 49.7 Å². The smallest absolute Gasteiger partial charge is 0.133 e. The number of nitrogens with one attached hydrogen (secondary N) is 1. The molecule has 1 atom stereocenters. The molecule has 1 aromatic heterocycles. The van der Waals surface area contributed by atoms with Gasteiger partial charge in [-0.25, -0.2) is 4.98 Å². The Kier molecular flexibility index (Phi) is 4.59. The fourth-order valence-corrected chi connectivity index (χ4v) is 2.70. The van der Waals surface area contributed by atoms with Gasteiger partial charge in [-0.2, -0.15) is 0 Å². The van der Waals surface area contributed by atoms with E-state index in [1.165, 1.54) is 5.56 Å². The Bertz CT molecular complexity index is 410. The molecule has 100 valence electrons. The van der Waals surface area contributed by atoms with Crippen LogP contribution in [0.3, 0.4) is 0 Å². The highest BCUT2D eigenvalue weighted by molar-refractivity contribution is 9.10. The van der Waals surface area contributed by atoms with E-state index in [0.29, 0.717) is 6.04 Å². The first kappa shape index (κ1) is 13.8. The first-order valence-corrected chi connectivity index (χ1v) is 7.15. The zero-order chi connectivity index (χ0) is 13.1. The average Bonchev–Trinajstić information content (AvgIpc) is 2.34. The number of piperazine rings is 1. The molecule has 1 aromatic rings. The molecule has 1 aliphatic heterocycles. The third-order valence-electron chi connectivity index (χ3n) is 3.54. The zero-order valence-electron chi connectivity index (χ0n) is 11.3. The summed E-state index contributed by atoms with van der Waals surface area (Å²) in [6, 6.07) is 2.73. The minimum atomic E-state index is 0.576. The predicted octanol–water partition coefficient (Wildman–Crippen LogP) is 1.70. The van der Waals surface area contributed by atoms with Crippen molar-refractivity contribution in [1.82, 2.24) is 15.2 Å². The third kappa shape index (κ3) is 3.02. The Balaban J connectivity index is 2.22. The van der Waals surface area contributed by atoms with Crippen molar-refractivity contribution in [2.24, 2.45) is 0 Å². The van der Waals surface area contributed by atoms with E-state index in [9.17, 15) is 0 Å². The third-order valence-corrected chi connectivity index (χ3v) is 3.97. The van der Waals surface area contributed by atoms with Crippen LogP contribution in [0.25, 0.3) is 0 Å². The molecule has 0 radical (unpaired) electrons. The summed E-state index contributed by atoms with van der Waals surface area (Å²) in [5, 5.41) is 3.21. The van der Waals surface area contributed by atoms with E-state index in [2.05, 4.69) is 56.1 Å². The molecule has 1 aliphatic rings. The van der Waals surface area contributed by atoms with Gasteiger partial charge in [0.05, 0.1) is 0 Å². The molecule has 0 saturated carbocycles. The van der Waals surface area contributed by atoms with Gasteiger partial charge in [0.15, 0.2) is 0 Å². The van der Waals surface area contributed by atoms with Gasteiger partial charge in [-0.1, -0.05) is 0 Å². The SMILES string of the molecule is CNCc1cc(Br)cnc1N1CCN(C)C(C)C1. The lowest BCUT2D eigenvalue weighted by Crippen LogP contribution is -2.50. The second-order valence-corrected chi connectivity index (χ2v) is 5.86. The number of nitrogens with zero attached hydrogens (tertiary/aromatic N) is 3. The summed E-state index contributed by atoms with van der Waals surface area (Å²) in [4.78, 5) is 9.39. The minimum Gasteiger partial charge on any atom is -0.354 e. The normalized spacial score (nSPS) is 21.3. The fraction of sp³-hybridized carbons (Fsp3) is 0.615. The molecular weight excluding hydrogens is 292 g/mol. The number of likely N-dealkylation sites (N-methyl/N-ethyl adjacent to an activating group) is 1.